The van der Waals surface area contributed by atoms with Crippen molar-refractivity contribution in [3.05, 3.63) is 97.2 Å². The van der Waals surface area contributed by atoms with Gasteiger partial charge in [-0.1, -0.05) is 220 Å². The molecular weight excluding hydrogens is 852 g/mol. The minimum Gasteiger partial charge on any atom is -0.756 e. The lowest BCUT2D eigenvalue weighted by Crippen LogP contribution is -2.45. The second-order valence-corrected chi connectivity index (χ2v) is 20.6. The zero-order valence-corrected chi connectivity index (χ0v) is 44.7. The molecule has 0 saturated heterocycles. The van der Waals surface area contributed by atoms with Crippen molar-refractivity contribution >= 4 is 13.7 Å². The van der Waals surface area contributed by atoms with Gasteiger partial charge in [0, 0.05) is 6.42 Å². The van der Waals surface area contributed by atoms with E-state index in [0.717, 1.165) is 83.5 Å². The summed E-state index contributed by atoms with van der Waals surface area (Å²) in [5, 5.41) is 13.7. The van der Waals surface area contributed by atoms with Crippen LogP contribution in [0.1, 0.15) is 213 Å². The maximum Gasteiger partial charge on any atom is 0.268 e. The highest BCUT2D eigenvalue weighted by Crippen LogP contribution is 2.38. The van der Waals surface area contributed by atoms with E-state index >= 15 is 0 Å². The Kier molecular flexibility index (Phi) is 46.6. The van der Waals surface area contributed by atoms with Crippen LogP contribution >= 0.6 is 7.82 Å². The van der Waals surface area contributed by atoms with Crippen LogP contribution in [-0.4, -0.2) is 68.5 Å². The molecule has 0 radical (unpaired) electrons. The molecule has 8 nitrogen and oxygen atoms in total. The van der Waals surface area contributed by atoms with E-state index in [9.17, 15) is 19.4 Å². The molecule has 67 heavy (non-hydrogen) atoms. The predicted molar refractivity (Wildman–Crippen MR) is 288 cm³/mol. The summed E-state index contributed by atoms with van der Waals surface area (Å²) in [6, 6.07) is -0.911. The molecule has 3 atom stereocenters. The molecule has 0 aromatic carbocycles. The number of phosphoric acid groups is 1. The van der Waals surface area contributed by atoms with E-state index in [4.69, 9.17) is 9.05 Å². The number of carbonyl (C=O) groups is 1. The van der Waals surface area contributed by atoms with E-state index in [2.05, 4.69) is 104 Å². The van der Waals surface area contributed by atoms with E-state index in [0.29, 0.717) is 17.4 Å². The number of carbonyl (C=O) groups excluding carboxylic acids is 1. The SMILES string of the molecule is CC/C=C\C/C=C\C/C=C\C/C=C\C/C=C\CCCCCCCCCCCCCCCCCCCCCC(=O)NC(COP(=O)([O-])OCC[N+](C)(C)C)C(O)/C=C/CC/C=C/CC/C=C/CC. The van der Waals surface area contributed by atoms with Gasteiger partial charge in [-0.2, -0.15) is 0 Å². The summed E-state index contributed by atoms with van der Waals surface area (Å²) < 4.78 is 23.2. The minimum absolute atomic E-state index is 0.0119. The largest absolute Gasteiger partial charge is 0.756 e. The fourth-order valence-corrected chi connectivity index (χ4v) is 8.06. The van der Waals surface area contributed by atoms with Crippen molar-refractivity contribution in [3.8, 4) is 0 Å². The maximum atomic E-state index is 12.9. The first-order chi connectivity index (χ1) is 32.5. The first kappa shape index (κ1) is 64.4. The number of hydrogen-bond donors (Lipinski definition) is 2. The lowest BCUT2D eigenvalue weighted by molar-refractivity contribution is -0.870. The first-order valence-electron chi connectivity index (χ1n) is 27.1. The van der Waals surface area contributed by atoms with Gasteiger partial charge in [0.1, 0.15) is 13.2 Å². The number of rotatable bonds is 48. The topological polar surface area (TPSA) is 108 Å². The molecule has 0 rings (SSSR count). The molecule has 9 heteroatoms. The van der Waals surface area contributed by atoms with E-state index in [-0.39, 0.29) is 12.5 Å². The number of aliphatic hydroxyl groups is 1. The van der Waals surface area contributed by atoms with Crippen LogP contribution in [0.3, 0.4) is 0 Å². The van der Waals surface area contributed by atoms with Crippen molar-refractivity contribution in [3.63, 3.8) is 0 Å². The monoisotopic (exact) mass is 955 g/mol. The number of aliphatic hydroxyl groups excluding tert-OH is 1. The first-order valence-corrected chi connectivity index (χ1v) is 28.6. The van der Waals surface area contributed by atoms with Gasteiger partial charge in [0.2, 0.25) is 5.91 Å². The lowest BCUT2D eigenvalue weighted by atomic mass is 10.0. The number of likely N-dealkylation sites (N-methyl/N-ethyl adjacent to an activating group) is 1. The molecule has 0 spiro atoms. The lowest BCUT2D eigenvalue weighted by Gasteiger charge is -2.29. The van der Waals surface area contributed by atoms with Gasteiger partial charge in [-0.15, -0.1) is 0 Å². The summed E-state index contributed by atoms with van der Waals surface area (Å²) in [7, 11) is 1.23. The third-order valence-electron chi connectivity index (χ3n) is 11.5. The number of unbranched alkanes of at least 4 members (excludes halogenated alkanes) is 21. The number of nitrogens with zero attached hydrogens (tertiary/aromatic N) is 1. The Morgan fingerprint density at radius 3 is 1.33 bits per heavy atom. The fourth-order valence-electron chi connectivity index (χ4n) is 7.34. The van der Waals surface area contributed by atoms with Gasteiger partial charge in [-0.25, -0.2) is 0 Å². The van der Waals surface area contributed by atoms with Gasteiger partial charge in [-0.3, -0.25) is 9.36 Å². The Hall–Kier alpha value is -2.58. The van der Waals surface area contributed by atoms with Crippen LogP contribution in [0.5, 0.6) is 0 Å². The summed E-state index contributed by atoms with van der Waals surface area (Å²) in [6.07, 6.45) is 69.4. The molecule has 0 saturated carbocycles. The number of quaternary nitrogens is 1. The number of allylic oxidation sites excluding steroid dienone is 15. The maximum absolute atomic E-state index is 12.9. The zero-order valence-electron chi connectivity index (χ0n) is 43.8. The highest BCUT2D eigenvalue weighted by Gasteiger charge is 2.23. The molecule has 0 aliphatic heterocycles. The Bertz CT molecular complexity index is 1410. The van der Waals surface area contributed by atoms with E-state index in [1.165, 1.54) is 109 Å². The molecule has 1 amide bonds. The van der Waals surface area contributed by atoms with Crippen LogP contribution in [0.15, 0.2) is 97.2 Å². The smallest absolute Gasteiger partial charge is 0.268 e. The van der Waals surface area contributed by atoms with E-state index in [1.54, 1.807) is 6.08 Å². The Morgan fingerprint density at radius 1 is 0.522 bits per heavy atom. The molecule has 0 fully saturated rings. The van der Waals surface area contributed by atoms with Crippen LogP contribution in [0.2, 0.25) is 0 Å². The van der Waals surface area contributed by atoms with Gasteiger partial charge in [0.15, 0.2) is 0 Å². The summed E-state index contributed by atoms with van der Waals surface area (Å²) in [4.78, 5) is 25.3. The molecule has 0 aliphatic rings. The van der Waals surface area contributed by atoms with Crippen molar-refractivity contribution in [2.45, 2.75) is 225 Å². The normalized spacial score (nSPS) is 14.8. The molecule has 3 unspecified atom stereocenters. The molecule has 0 aromatic heterocycles. The van der Waals surface area contributed by atoms with Crippen LogP contribution in [0.4, 0.5) is 0 Å². The van der Waals surface area contributed by atoms with E-state index < -0.39 is 26.6 Å². The zero-order chi connectivity index (χ0) is 49.2. The summed E-state index contributed by atoms with van der Waals surface area (Å²) in [6.45, 7) is 4.37. The second-order valence-electron chi connectivity index (χ2n) is 19.2. The highest BCUT2D eigenvalue weighted by molar-refractivity contribution is 7.45. The van der Waals surface area contributed by atoms with Crippen LogP contribution < -0.4 is 10.2 Å². The third kappa shape index (κ3) is 51.1. The molecule has 0 aliphatic carbocycles. The average Bonchev–Trinajstić information content (AvgIpc) is 3.29. The second kappa shape index (κ2) is 48.4. The van der Waals surface area contributed by atoms with Crippen molar-refractivity contribution in [1.82, 2.24) is 5.32 Å². The van der Waals surface area contributed by atoms with Crippen LogP contribution in [0.25, 0.3) is 0 Å². The summed E-state index contributed by atoms with van der Waals surface area (Å²) >= 11 is 0. The van der Waals surface area contributed by atoms with Gasteiger partial charge in [-0.05, 0) is 83.5 Å². The molecular formula is C58H103N2O6P. The minimum atomic E-state index is -4.60. The summed E-state index contributed by atoms with van der Waals surface area (Å²) in [5.74, 6) is -0.216. The van der Waals surface area contributed by atoms with E-state index in [1.807, 2.05) is 27.2 Å². The standard InChI is InChI=1S/C58H103N2O6P/c1-6-8-10-12-14-16-18-19-20-21-22-23-24-25-26-27-28-29-30-31-32-33-34-35-36-37-38-39-40-41-42-44-46-48-50-52-58(62)59-56(55-66-67(63,64)65-54-53-60(3,4)5)57(61)51-49-47-45-43-17-15-13-11-9-7-2/h8-11,14,16-17,19-20,22-23,25-26,43,49,51,56-57,61H,6-7,12-13,15,18,21,24,27-42,44-48,50,52-55H2,1-5H3,(H-,59,62,63,64)/b10-8-,11-9+,16-14-,20-19-,23-22-,26-25-,43-17+,51-49+. The van der Waals surface area contributed by atoms with Gasteiger partial charge in [0.25, 0.3) is 7.82 Å². The highest BCUT2D eigenvalue weighted by atomic mass is 31.2. The van der Waals surface area contributed by atoms with Gasteiger partial charge in [0.05, 0.1) is 39.9 Å². The Balaban J connectivity index is 3.97. The molecule has 0 aromatic rings. The Labute approximate surface area is 413 Å². The quantitative estimate of drug-likeness (QED) is 0.0272. The number of amides is 1. The van der Waals surface area contributed by atoms with Crippen LogP contribution in [0, 0.1) is 0 Å². The predicted octanol–water partition coefficient (Wildman–Crippen LogP) is 15.6. The van der Waals surface area contributed by atoms with Crippen molar-refractivity contribution < 1.29 is 32.9 Å². The Morgan fingerprint density at radius 2 is 0.881 bits per heavy atom. The number of phosphoric ester groups is 1. The van der Waals surface area contributed by atoms with Crippen molar-refractivity contribution in [2.24, 2.45) is 0 Å². The molecule has 0 heterocycles. The van der Waals surface area contributed by atoms with Gasteiger partial charge < -0.3 is 28.8 Å². The van der Waals surface area contributed by atoms with Gasteiger partial charge >= 0.3 is 0 Å². The number of hydrogen-bond acceptors (Lipinski definition) is 6. The van der Waals surface area contributed by atoms with Crippen molar-refractivity contribution in [1.29, 1.82) is 0 Å². The fraction of sp³-hybridized carbons (Fsp3) is 0.707. The molecule has 0 bridgehead atoms. The van der Waals surface area contributed by atoms with Crippen LogP contribution in [-0.2, 0) is 18.4 Å². The molecule has 2 N–H and O–H groups in total. The number of nitrogens with one attached hydrogen (secondary N) is 1. The van der Waals surface area contributed by atoms with Crippen molar-refractivity contribution in [2.75, 3.05) is 40.9 Å². The third-order valence-corrected chi connectivity index (χ3v) is 12.5. The summed E-state index contributed by atoms with van der Waals surface area (Å²) in [5.41, 5.74) is 0. The average molecular weight is 955 g/mol. The molecule has 386 valence electrons.